The first kappa shape index (κ1) is 22.9. The number of likely N-dealkylation sites (tertiary alicyclic amines) is 1. The van der Waals surface area contributed by atoms with Crippen molar-refractivity contribution >= 4 is 28.3 Å². The Morgan fingerprint density at radius 2 is 2.14 bits per heavy atom. The van der Waals surface area contributed by atoms with Crippen molar-refractivity contribution in [2.45, 2.75) is 18.6 Å². The van der Waals surface area contributed by atoms with E-state index in [-0.39, 0.29) is 13.1 Å². The van der Waals surface area contributed by atoms with Crippen molar-refractivity contribution in [3.8, 4) is 17.1 Å². The molecule has 182 valence electrons. The number of nitrogens with zero attached hydrogens (tertiary/aromatic N) is 4. The lowest BCUT2D eigenvalue weighted by atomic mass is 10.0. The van der Waals surface area contributed by atoms with E-state index in [1.165, 1.54) is 0 Å². The van der Waals surface area contributed by atoms with Crippen molar-refractivity contribution in [3.63, 3.8) is 0 Å². The smallest absolute Gasteiger partial charge is 0.407 e. The minimum atomic E-state index is -1.31. The number of aromatic nitrogens is 3. The van der Waals surface area contributed by atoms with Crippen LogP contribution in [0.25, 0.3) is 27.9 Å². The minimum Gasteiger partial charge on any atom is -0.491 e. The molecule has 5 rings (SSSR count). The number of piperidine rings is 1. The molecule has 1 saturated heterocycles. The highest BCUT2D eigenvalue weighted by atomic mass is 19.1. The number of benzene rings is 1. The number of alkyl halides is 1. The summed E-state index contributed by atoms with van der Waals surface area (Å²) in [5.41, 5.74) is 3.70. The lowest BCUT2D eigenvalue weighted by molar-refractivity contribution is 0.101. The third-order valence-electron chi connectivity index (χ3n) is 6.18. The molecule has 1 aliphatic heterocycles. The van der Waals surface area contributed by atoms with Gasteiger partial charge in [-0.05, 0) is 24.6 Å². The molecule has 3 aromatic heterocycles. The number of anilines is 1. The van der Waals surface area contributed by atoms with Gasteiger partial charge in [0.15, 0.2) is 0 Å². The van der Waals surface area contributed by atoms with E-state index < -0.39 is 18.3 Å². The highest BCUT2D eigenvalue weighted by molar-refractivity contribution is 5.92. The van der Waals surface area contributed by atoms with Gasteiger partial charge in [-0.15, -0.1) is 0 Å². The normalized spacial score (nSPS) is 18.2. The maximum absolute atomic E-state index is 14.7. The number of amides is 1. The third kappa shape index (κ3) is 4.69. The number of hydrogen-bond donors (Lipinski definition) is 2. The maximum atomic E-state index is 14.7. The molecule has 1 aromatic carbocycles. The van der Waals surface area contributed by atoms with Crippen LogP contribution in [-0.2, 0) is 4.74 Å². The Kier molecular flexibility index (Phi) is 6.37. The van der Waals surface area contributed by atoms with E-state index in [4.69, 9.17) is 19.6 Å². The van der Waals surface area contributed by atoms with Gasteiger partial charge in [0.05, 0.1) is 48.0 Å². The molecule has 0 aliphatic carbocycles. The molecule has 4 heterocycles. The summed E-state index contributed by atoms with van der Waals surface area (Å²) in [6.07, 6.45) is 1.63. The average molecular weight is 480 g/mol. The van der Waals surface area contributed by atoms with Crippen LogP contribution in [0.1, 0.15) is 6.42 Å². The van der Waals surface area contributed by atoms with E-state index >= 15 is 0 Å². The first-order chi connectivity index (χ1) is 17.0. The van der Waals surface area contributed by atoms with E-state index in [9.17, 15) is 9.18 Å². The Balaban J connectivity index is 1.42. The van der Waals surface area contributed by atoms with Crippen molar-refractivity contribution in [2.75, 3.05) is 38.7 Å². The molecule has 1 amide bonds. The molecule has 35 heavy (non-hydrogen) atoms. The number of imidazole rings is 1. The van der Waals surface area contributed by atoms with Crippen LogP contribution in [0, 0.1) is 0 Å². The molecule has 9 nitrogen and oxygen atoms in total. The van der Waals surface area contributed by atoms with E-state index in [0.717, 1.165) is 27.3 Å². The molecule has 2 N–H and O–H groups in total. The second-order valence-corrected chi connectivity index (χ2v) is 8.43. The summed E-state index contributed by atoms with van der Waals surface area (Å²) in [6.45, 7) is 1.10. The average Bonchev–Trinajstić information content (AvgIpc) is 3.28. The van der Waals surface area contributed by atoms with Crippen molar-refractivity contribution in [1.29, 1.82) is 0 Å². The zero-order chi connectivity index (χ0) is 24.4. The van der Waals surface area contributed by atoms with Crippen LogP contribution in [0.5, 0.6) is 5.75 Å². The fourth-order valence-electron chi connectivity index (χ4n) is 4.33. The molecule has 10 heteroatoms. The molecule has 2 atom stereocenters. The van der Waals surface area contributed by atoms with Crippen molar-refractivity contribution < 1.29 is 23.8 Å². The Morgan fingerprint density at radius 3 is 2.94 bits per heavy atom. The summed E-state index contributed by atoms with van der Waals surface area (Å²) < 4.78 is 27.4. The van der Waals surface area contributed by atoms with E-state index in [1.807, 2.05) is 53.1 Å². The standard InChI is InChI=1S/C25H26FN5O4/c1-34-11-12-35-17-7-10-31-22(14-27-23(31)13-17)20-6-5-16-3-2-4-21(24(16)29-20)28-19-8-9-30(25(32)33)15-18(19)26/h2-7,10,13-14,18-19,28H,8-9,11-12,15H2,1H3,(H,32,33). The topological polar surface area (TPSA) is 101 Å². The summed E-state index contributed by atoms with van der Waals surface area (Å²) in [4.78, 5) is 21.7. The first-order valence-corrected chi connectivity index (χ1v) is 11.4. The van der Waals surface area contributed by atoms with Crippen LogP contribution in [0.4, 0.5) is 14.9 Å². The molecule has 4 aromatic rings. The molecule has 1 fully saturated rings. The largest absolute Gasteiger partial charge is 0.491 e. The van der Waals surface area contributed by atoms with Gasteiger partial charge in [0.2, 0.25) is 0 Å². The predicted octanol–water partition coefficient (Wildman–Crippen LogP) is 4.08. The lowest BCUT2D eigenvalue weighted by Crippen LogP contribution is -2.49. The van der Waals surface area contributed by atoms with Crippen LogP contribution < -0.4 is 10.1 Å². The van der Waals surface area contributed by atoms with Gasteiger partial charge in [-0.25, -0.2) is 19.2 Å². The number of nitrogens with one attached hydrogen (secondary N) is 1. The van der Waals surface area contributed by atoms with Gasteiger partial charge in [0.1, 0.15) is 24.2 Å². The Hall–Kier alpha value is -3.92. The molecular formula is C25H26FN5O4. The van der Waals surface area contributed by atoms with Crippen LogP contribution in [-0.4, -0.2) is 76.1 Å². The molecule has 0 radical (unpaired) electrons. The van der Waals surface area contributed by atoms with Crippen LogP contribution in [0.3, 0.4) is 0 Å². The molecule has 0 spiro atoms. The number of para-hydroxylation sites is 1. The van der Waals surface area contributed by atoms with Crippen LogP contribution in [0.2, 0.25) is 0 Å². The van der Waals surface area contributed by atoms with E-state index in [2.05, 4.69) is 10.3 Å². The quantitative estimate of drug-likeness (QED) is 0.385. The van der Waals surface area contributed by atoms with Crippen molar-refractivity contribution in [1.82, 2.24) is 19.3 Å². The van der Waals surface area contributed by atoms with Gasteiger partial charge in [-0.1, -0.05) is 18.2 Å². The fourth-order valence-corrected chi connectivity index (χ4v) is 4.33. The third-order valence-corrected chi connectivity index (χ3v) is 6.18. The number of rotatable bonds is 7. The van der Waals surface area contributed by atoms with Gasteiger partial charge < -0.3 is 24.8 Å². The van der Waals surface area contributed by atoms with E-state index in [1.54, 1.807) is 13.3 Å². The zero-order valence-electron chi connectivity index (χ0n) is 19.2. The van der Waals surface area contributed by atoms with Gasteiger partial charge in [0.25, 0.3) is 0 Å². The number of hydrogen-bond acceptors (Lipinski definition) is 6. The highest BCUT2D eigenvalue weighted by Gasteiger charge is 2.31. The molecule has 0 saturated carbocycles. The summed E-state index contributed by atoms with van der Waals surface area (Å²) in [6, 6.07) is 12.9. The molecule has 0 bridgehead atoms. The van der Waals surface area contributed by atoms with Crippen molar-refractivity contribution in [3.05, 3.63) is 54.9 Å². The van der Waals surface area contributed by atoms with Gasteiger partial charge in [-0.2, -0.15) is 0 Å². The molecular weight excluding hydrogens is 453 g/mol. The zero-order valence-corrected chi connectivity index (χ0v) is 19.2. The SMILES string of the molecule is COCCOc1ccn2c(-c3ccc4cccc(NC5CCN(C(=O)O)CC5F)c4n3)cnc2c1. The number of pyridine rings is 2. The summed E-state index contributed by atoms with van der Waals surface area (Å²) in [7, 11) is 1.63. The second kappa shape index (κ2) is 9.75. The van der Waals surface area contributed by atoms with Gasteiger partial charge in [-0.3, -0.25) is 4.40 Å². The van der Waals surface area contributed by atoms with Crippen LogP contribution >= 0.6 is 0 Å². The number of fused-ring (bicyclic) bond motifs is 2. The number of methoxy groups -OCH3 is 1. The number of carbonyl (C=O) groups is 1. The Bertz CT molecular complexity index is 1360. The Morgan fingerprint density at radius 1 is 1.26 bits per heavy atom. The molecule has 1 aliphatic rings. The van der Waals surface area contributed by atoms with Crippen LogP contribution in [0.15, 0.2) is 54.9 Å². The Labute approximate surface area is 201 Å². The predicted molar refractivity (Wildman–Crippen MR) is 130 cm³/mol. The number of carboxylic acid groups (broad SMARTS) is 1. The monoisotopic (exact) mass is 479 g/mol. The van der Waals surface area contributed by atoms with E-state index in [0.29, 0.717) is 36.6 Å². The second-order valence-electron chi connectivity index (χ2n) is 8.43. The summed E-state index contributed by atoms with van der Waals surface area (Å²) in [5, 5.41) is 13.3. The fraction of sp³-hybridized carbons (Fsp3) is 0.320. The number of halogens is 1. The molecule has 2 unspecified atom stereocenters. The summed E-state index contributed by atoms with van der Waals surface area (Å²) in [5.74, 6) is 0.708. The highest BCUT2D eigenvalue weighted by Crippen LogP contribution is 2.29. The summed E-state index contributed by atoms with van der Waals surface area (Å²) >= 11 is 0. The van der Waals surface area contributed by atoms with Gasteiger partial charge >= 0.3 is 6.09 Å². The first-order valence-electron chi connectivity index (χ1n) is 11.4. The van der Waals surface area contributed by atoms with Gasteiger partial charge in [0, 0.05) is 31.3 Å². The number of ether oxygens (including phenoxy) is 2. The maximum Gasteiger partial charge on any atom is 0.407 e. The lowest BCUT2D eigenvalue weighted by Gasteiger charge is -2.34. The van der Waals surface area contributed by atoms with Crippen molar-refractivity contribution in [2.24, 2.45) is 0 Å². The minimum absolute atomic E-state index is 0.143.